The predicted molar refractivity (Wildman–Crippen MR) is 101 cm³/mol. The van der Waals surface area contributed by atoms with Gasteiger partial charge in [0.15, 0.2) is 0 Å². The largest absolute Gasteiger partial charge is 0.487 e. The molecule has 2 amide bonds. The summed E-state index contributed by atoms with van der Waals surface area (Å²) in [5.41, 5.74) is 1.18. The quantitative estimate of drug-likeness (QED) is 0.697. The molecule has 0 aliphatic carbocycles. The Bertz CT molecular complexity index is 823. The predicted octanol–water partition coefficient (Wildman–Crippen LogP) is 0.548. The Labute approximate surface area is 163 Å². The van der Waals surface area contributed by atoms with Crippen LogP contribution in [0.4, 0.5) is 0 Å². The Morgan fingerprint density at radius 1 is 1.39 bits per heavy atom. The van der Waals surface area contributed by atoms with E-state index in [1.165, 1.54) is 4.68 Å². The minimum absolute atomic E-state index is 0.221. The summed E-state index contributed by atoms with van der Waals surface area (Å²) in [5, 5.41) is 7.05. The lowest BCUT2D eigenvalue weighted by Crippen LogP contribution is -2.47. The molecule has 2 aromatic heterocycles. The van der Waals surface area contributed by atoms with Crippen LogP contribution in [0.2, 0.25) is 0 Å². The highest BCUT2D eigenvalue weighted by Crippen LogP contribution is 2.25. The third kappa shape index (κ3) is 4.48. The number of rotatable bonds is 7. The molecule has 9 heteroatoms. The highest BCUT2D eigenvalue weighted by molar-refractivity contribution is 5.97. The van der Waals surface area contributed by atoms with Gasteiger partial charge in [0.1, 0.15) is 23.6 Å². The van der Waals surface area contributed by atoms with Crippen molar-refractivity contribution in [1.82, 2.24) is 25.0 Å². The molecule has 0 bridgehead atoms. The normalized spacial score (nSPS) is 18.9. The van der Waals surface area contributed by atoms with Crippen LogP contribution in [-0.4, -0.2) is 70.4 Å². The van der Waals surface area contributed by atoms with Gasteiger partial charge in [0, 0.05) is 33.3 Å². The van der Waals surface area contributed by atoms with Gasteiger partial charge < -0.3 is 19.7 Å². The lowest BCUT2D eigenvalue weighted by Gasteiger charge is -2.23. The van der Waals surface area contributed by atoms with Crippen molar-refractivity contribution >= 4 is 11.8 Å². The second-order valence-corrected chi connectivity index (χ2v) is 6.72. The molecule has 2 atom stereocenters. The van der Waals surface area contributed by atoms with Gasteiger partial charge in [0.2, 0.25) is 5.91 Å². The minimum atomic E-state index is -0.624. The van der Waals surface area contributed by atoms with Gasteiger partial charge in [-0.25, -0.2) is 0 Å². The molecule has 150 valence electrons. The van der Waals surface area contributed by atoms with Crippen LogP contribution in [0, 0.1) is 6.92 Å². The summed E-state index contributed by atoms with van der Waals surface area (Å²) in [7, 11) is 3.29. The molecule has 3 heterocycles. The highest BCUT2D eigenvalue weighted by Gasteiger charge is 2.41. The number of hydrogen-bond donors (Lipinski definition) is 1. The van der Waals surface area contributed by atoms with Crippen molar-refractivity contribution < 1.29 is 19.1 Å². The second-order valence-electron chi connectivity index (χ2n) is 6.72. The first-order valence-electron chi connectivity index (χ1n) is 9.14. The lowest BCUT2D eigenvalue weighted by molar-refractivity contribution is -0.125. The number of methoxy groups -OCH3 is 1. The van der Waals surface area contributed by atoms with Crippen LogP contribution in [0.1, 0.15) is 22.6 Å². The Morgan fingerprint density at radius 3 is 2.86 bits per heavy atom. The average molecular weight is 387 g/mol. The van der Waals surface area contributed by atoms with Gasteiger partial charge in [-0.2, -0.15) is 5.10 Å². The van der Waals surface area contributed by atoms with Gasteiger partial charge in [0.25, 0.3) is 5.91 Å². The first-order chi connectivity index (χ1) is 13.5. The SMILES string of the molecule is COCCNC(=O)[C@@H]1C[C@H](Oc2cccnc2)CN1C(=O)c1cc(C)nn1C. The van der Waals surface area contributed by atoms with Crippen molar-refractivity contribution in [3.8, 4) is 5.75 Å². The van der Waals surface area contributed by atoms with Crippen LogP contribution in [0.5, 0.6) is 5.75 Å². The molecule has 0 radical (unpaired) electrons. The second kappa shape index (κ2) is 8.83. The third-order valence-corrected chi connectivity index (χ3v) is 4.59. The number of hydrogen-bond acceptors (Lipinski definition) is 6. The van der Waals surface area contributed by atoms with Crippen molar-refractivity contribution in [2.24, 2.45) is 7.05 Å². The molecule has 0 unspecified atom stereocenters. The molecule has 1 saturated heterocycles. The van der Waals surface area contributed by atoms with E-state index in [0.717, 1.165) is 5.69 Å². The monoisotopic (exact) mass is 387 g/mol. The molecule has 2 aromatic rings. The molecule has 9 nitrogen and oxygen atoms in total. The fourth-order valence-corrected chi connectivity index (χ4v) is 3.32. The standard InChI is InChI=1S/C19H25N5O4/c1-13-9-17(23(2)22-13)19(26)24-12-15(28-14-5-4-6-20-11-14)10-16(24)18(25)21-7-8-27-3/h4-6,9,11,15-16H,7-8,10,12H2,1-3H3,(H,21,25)/t15-,16-/m0/s1. The lowest BCUT2D eigenvalue weighted by atomic mass is 10.1. The molecule has 1 N–H and O–H groups in total. The molecule has 0 spiro atoms. The molecule has 28 heavy (non-hydrogen) atoms. The molecule has 3 rings (SSSR count). The van der Waals surface area contributed by atoms with E-state index < -0.39 is 6.04 Å². The van der Waals surface area contributed by atoms with E-state index in [2.05, 4.69) is 15.4 Å². The van der Waals surface area contributed by atoms with E-state index in [-0.39, 0.29) is 17.9 Å². The summed E-state index contributed by atoms with van der Waals surface area (Å²) < 4.78 is 12.5. The number of ether oxygens (including phenoxy) is 2. The summed E-state index contributed by atoms with van der Waals surface area (Å²) in [6.07, 6.45) is 3.37. The number of carbonyl (C=O) groups is 2. The average Bonchev–Trinajstić information content (AvgIpc) is 3.25. The van der Waals surface area contributed by atoms with Gasteiger partial charge in [-0.3, -0.25) is 19.3 Å². The van der Waals surface area contributed by atoms with Crippen LogP contribution in [0.15, 0.2) is 30.6 Å². The van der Waals surface area contributed by atoms with Crippen molar-refractivity contribution in [3.05, 3.63) is 42.0 Å². The first-order valence-corrected chi connectivity index (χ1v) is 9.14. The molecule has 1 aliphatic heterocycles. The summed E-state index contributed by atoms with van der Waals surface area (Å²) in [6, 6.07) is 4.68. The van der Waals surface area contributed by atoms with Gasteiger partial charge in [0.05, 0.1) is 25.0 Å². The Kier molecular flexibility index (Phi) is 6.25. The Balaban J connectivity index is 1.77. The molecule has 0 saturated carbocycles. The highest BCUT2D eigenvalue weighted by atomic mass is 16.5. The summed E-state index contributed by atoms with van der Waals surface area (Å²) in [4.78, 5) is 31.4. The zero-order valence-corrected chi connectivity index (χ0v) is 16.3. The smallest absolute Gasteiger partial charge is 0.272 e. The van der Waals surface area contributed by atoms with Gasteiger partial charge in [-0.15, -0.1) is 0 Å². The van der Waals surface area contributed by atoms with Crippen LogP contribution < -0.4 is 10.1 Å². The third-order valence-electron chi connectivity index (χ3n) is 4.59. The number of amides is 2. The Hall–Kier alpha value is -2.94. The number of nitrogens with one attached hydrogen (secondary N) is 1. The van der Waals surface area contributed by atoms with Gasteiger partial charge in [-0.1, -0.05) is 0 Å². The maximum absolute atomic E-state index is 13.1. The van der Waals surface area contributed by atoms with E-state index in [4.69, 9.17) is 9.47 Å². The molecule has 1 fully saturated rings. The maximum Gasteiger partial charge on any atom is 0.272 e. The van der Waals surface area contributed by atoms with Crippen LogP contribution in [0.3, 0.4) is 0 Å². The number of aryl methyl sites for hydroxylation is 2. The first kappa shape index (κ1) is 19.8. The van der Waals surface area contributed by atoms with E-state index in [9.17, 15) is 9.59 Å². The van der Waals surface area contributed by atoms with Crippen molar-refractivity contribution in [2.45, 2.75) is 25.5 Å². The van der Waals surface area contributed by atoms with E-state index in [1.807, 2.05) is 6.92 Å². The topological polar surface area (TPSA) is 98.6 Å². The number of carbonyl (C=O) groups excluding carboxylic acids is 2. The molecule has 1 aliphatic rings. The fraction of sp³-hybridized carbons (Fsp3) is 0.474. The summed E-state index contributed by atoms with van der Waals surface area (Å²) in [6.45, 7) is 2.92. The van der Waals surface area contributed by atoms with E-state index in [0.29, 0.717) is 37.6 Å². The zero-order valence-electron chi connectivity index (χ0n) is 16.3. The number of nitrogens with zero attached hydrogens (tertiary/aromatic N) is 4. The van der Waals surface area contributed by atoms with Crippen molar-refractivity contribution in [2.75, 3.05) is 26.8 Å². The van der Waals surface area contributed by atoms with Crippen LogP contribution in [0.25, 0.3) is 0 Å². The fourth-order valence-electron chi connectivity index (χ4n) is 3.32. The van der Waals surface area contributed by atoms with Crippen molar-refractivity contribution in [3.63, 3.8) is 0 Å². The van der Waals surface area contributed by atoms with Crippen molar-refractivity contribution in [1.29, 1.82) is 0 Å². The number of likely N-dealkylation sites (tertiary alicyclic amines) is 1. The van der Waals surface area contributed by atoms with Crippen LogP contribution in [-0.2, 0) is 16.6 Å². The number of pyridine rings is 1. The maximum atomic E-state index is 13.1. The van der Waals surface area contributed by atoms with Gasteiger partial charge in [-0.05, 0) is 25.1 Å². The molecule has 0 aromatic carbocycles. The van der Waals surface area contributed by atoms with E-state index in [1.54, 1.807) is 49.7 Å². The minimum Gasteiger partial charge on any atom is -0.487 e. The molecular formula is C19H25N5O4. The summed E-state index contributed by atoms with van der Waals surface area (Å²) >= 11 is 0. The number of aromatic nitrogens is 3. The zero-order chi connectivity index (χ0) is 20.1. The Morgan fingerprint density at radius 2 is 2.21 bits per heavy atom. The molecular weight excluding hydrogens is 362 g/mol. The summed E-state index contributed by atoms with van der Waals surface area (Å²) in [5.74, 6) is 0.144. The van der Waals surface area contributed by atoms with E-state index >= 15 is 0 Å². The van der Waals surface area contributed by atoms with Crippen LogP contribution >= 0.6 is 0 Å². The van der Waals surface area contributed by atoms with Gasteiger partial charge >= 0.3 is 0 Å².